The molecule has 350 valence electrons. The monoisotopic (exact) mass is 929 g/mol. The molecule has 2 amide bonds. The number of amides is 2. The second kappa shape index (κ2) is 21.4. The highest BCUT2D eigenvalue weighted by atomic mass is 31.2. The molecule has 0 aliphatic carbocycles. The summed E-state index contributed by atoms with van der Waals surface area (Å²) in [4.78, 5) is 31.1. The van der Waals surface area contributed by atoms with Gasteiger partial charge in [0.1, 0.15) is 23.7 Å². The van der Waals surface area contributed by atoms with E-state index >= 15 is 4.79 Å². The molecule has 1 unspecified atom stereocenters. The van der Waals surface area contributed by atoms with Crippen molar-refractivity contribution in [3.05, 3.63) is 155 Å². The van der Waals surface area contributed by atoms with E-state index in [2.05, 4.69) is 25.7 Å². The second-order valence-electron chi connectivity index (χ2n) is 16.7. The smallest absolute Gasteiger partial charge is 0.381 e. The molecule has 2 aromatic heterocycles. The van der Waals surface area contributed by atoms with Gasteiger partial charge >= 0.3 is 19.6 Å². The summed E-state index contributed by atoms with van der Waals surface area (Å²) < 4.78 is 36.0. The Hall–Kier alpha value is -6.55. The first-order valence-electron chi connectivity index (χ1n) is 22.4. The molecule has 1 aliphatic heterocycles. The van der Waals surface area contributed by atoms with Gasteiger partial charge in [-0.25, -0.2) is 14.2 Å². The molecule has 67 heavy (non-hydrogen) atoms. The minimum Gasteiger partial charge on any atom is -0.497 e. The Balaban J connectivity index is 1.03. The highest BCUT2D eigenvalue weighted by molar-refractivity contribution is 7.54. The number of methoxy groups -OCH3 is 1. The third-order valence-electron chi connectivity index (χ3n) is 12.0. The van der Waals surface area contributed by atoms with Gasteiger partial charge in [-0.2, -0.15) is 10.2 Å². The van der Waals surface area contributed by atoms with Crippen LogP contribution in [0.4, 0.5) is 4.79 Å². The first-order valence-corrected chi connectivity index (χ1v) is 24.1. The zero-order chi connectivity index (χ0) is 46.9. The van der Waals surface area contributed by atoms with Gasteiger partial charge in [0.25, 0.3) is 0 Å². The normalized spacial score (nSPS) is 19.0. The predicted octanol–water partition coefficient (Wildman–Crippen LogP) is 7.16. The summed E-state index contributed by atoms with van der Waals surface area (Å²) in [6, 6.07) is 33.7. The van der Waals surface area contributed by atoms with Crippen LogP contribution in [0.2, 0.25) is 0 Å². The summed E-state index contributed by atoms with van der Waals surface area (Å²) in [6.07, 6.45) is 0.203. The maximum Gasteiger partial charge on any atom is 0.381 e. The van der Waals surface area contributed by atoms with Gasteiger partial charge in [0.05, 0.1) is 55.4 Å². The number of aromatic nitrogens is 4. The highest BCUT2D eigenvalue weighted by Crippen LogP contribution is 2.49. The van der Waals surface area contributed by atoms with E-state index in [9.17, 15) is 19.6 Å². The van der Waals surface area contributed by atoms with E-state index in [1.54, 1.807) is 60.5 Å². The number of aliphatic hydroxyl groups is 2. The summed E-state index contributed by atoms with van der Waals surface area (Å²) in [6.45, 7) is 4.32. The maximum atomic E-state index is 15.4. The highest BCUT2D eigenvalue weighted by Gasteiger charge is 2.46. The van der Waals surface area contributed by atoms with Crippen molar-refractivity contribution in [2.24, 2.45) is 0 Å². The number of rotatable bonds is 20. The molecule has 7 aromatic rings. The molecule has 8 rings (SSSR count). The lowest BCUT2D eigenvalue weighted by Crippen LogP contribution is -2.50. The van der Waals surface area contributed by atoms with Crippen LogP contribution in [0.3, 0.4) is 0 Å². The van der Waals surface area contributed by atoms with E-state index in [1.165, 1.54) is 6.92 Å². The van der Waals surface area contributed by atoms with Gasteiger partial charge in [-0.3, -0.25) is 14.7 Å². The number of nitrogens with one attached hydrogen (secondary N) is 3. The molecule has 1 saturated heterocycles. The largest absolute Gasteiger partial charge is 0.497 e. The number of ether oxygens (including phenoxy) is 2. The molecular formula is C50H56N7O9P. The Labute approximate surface area is 388 Å². The standard InChI is InChI=1S/C50H56N7O9P/c1-4-64-49(60)33(2)65-67(62,66-42-8-6-5-7-9-42)23-22-51-28-36-12-10-34(11-13-36)26-45-47(58)48(59)46(27-35-14-18-41(63-3)19-15-35)57(32-38-17-21-44-40(25-38)30-53-55-44)50(61)56(45)31-37-16-20-43-39(24-37)29-52-54-43/h5-21,24-25,29-30,33,45-48,51,58-59H,4,22-23,26-28,31-32H2,1-3H3,(H,52,54)(H,53,55)/t33-,45+,46+,47-,48-,67?/m0/s1. The number of carbonyl (C=O) groups excluding carboxylic acids is 2. The van der Waals surface area contributed by atoms with Crippen molar-refractivity contribution in [2.75, 3.05) is 26.4 Å². The van der Waals surface area contributed by atoms with Crippen LogP contribution in [0.5, 0.6) is 11.5 Å². The number of hydrogen-bond acceptors (Lipinski definition) is 12. The number of benzene rings is 5. The average molecular weight is 930 g/mol. The number of hydrogen-bond donors (Lipinski definition) is 5. The summed E-state index contributed by atoms with van der Waals surface area (Å²) in [5, 5.41) is 44.1. The van der Waals surface area contributed by atoms with E-state index < -0.39 is 44.0 Å². The van der Waals surface area contributed by atoms with Crippen molar-refractivity contribution < 1.29 is 42.9 Å². The lowest BCUT2D eigenvalue weighted by atomic mass is 9.90. The average Bonchev–Trinajstić information content (AvgIpc) is 4.01. The summed E-state index contributed by atoms with van der Waals surface area (Å²) in [5.74, 6) is 0.409. The fourth-order valence-electron chi connectivity index (χ4n) is 8.47. The van der Waals surface area contributed by atoms with E-state index in [1.807, 2.05) is 91.0 Å². The molecule has 0 radical (unpaired) electrons. The number of aliphatic hydroxyl groups excluding tert-OH is 2. The molecule has 5 N–H and O–H groups in total. The first kappa shape index (κ1) is 47.0. The van der Waals surface area contributed by atoms with E-state index in [-0.39, 0.29) is 51.3 Å². The van der Waals surface area contributed by atoms with Gasteiger partial charge in [0.2, 0.25) is 0 Å². The number of urea groups is 1. The number of carbonyl (C=O) groups is 2. The summed E-state index contributed by atoms with van der Waals surface area (Å²) in [5.41, 5.74) is 6.03. The van der Waals surface area contributed by atoms with Gasteiger partial charge in [-0.1, -0.05) is 66.7 Å². The molecule has 0 bridgehead atoms. The number of H-pyrrole nitrogens is 2. The van der Waals surface area contributed by atoms with Gasteiger partial charge < -0.3 is 39.3 Å². The lowest BCUT2D eigenvalue weighted by molar-refractivity contribution is -0.150. The molecule has 0 spiro atoms. The third kappa shape index (κ3) is 11.5. The van der Waals surface area contributed by atoms with E-state index in [4.69, 9.17) is 18.5 Å². The number of aromatic amines is 2. The van der Waals surface area contributed by atoms with Crippen LogP contribution in [0, 0.1) is 0 Å². The van der Waals surface area contributed by atoms with Crippen molar-refractivity contribution in [1.29, 1.82) is 0 Å². The molecular weight excluding hydrogens is 874 g/mol. The molecule has 5 aromatic carbocycles. The van der Waals surface area contributed by atoms with Crippen LogP contribution in [-0.2, 0) is 51.1 Å². The Morgan fingerprint density at radius 3 is 1.81 bits per heavy atom. The molecule has 6 atom stereocenters. The van der Waals surface area contributed by atoms with Crippen molar-refractivity contribution >= 4 is 41.4 Å². The Morgan fingerprint density at radius 1 is 0.746 bits per heavy atom. The molecule has 1 aliphatic rings. The van der Waals surface area contributed by atoms with Crippen LogP contribution in [0.1, 0.15) is 41.7 Å². The first-order chi connectivity index (χ1) is 32.5. The number of esters is 1. The zero-order valence-corrected chi connectivity index (χ0v) is 38.6. The Bertz CT molecular complexity index is 2790. The quantitative estimate of drug-likeness (QED) is 0.0294. The van der Waals surface area contributed by atoms with Crippen LogP contribution in [-0.4, -0.2) is 109 Å². The van der Waals surface area contributed by atoms with Crippen molar-refractivity contribution in [3.8, 4) is 11.5 Å². The molecule has 1 fully saturated rings. The molecule has 16 nitrogen and oxygen atoms in total. The predicted molar refractivity (Wildman–Crippen MR) is 254 cm³/mol. The lowest BCUT2D eigenvalue weighted by Gasteiger charge is -2.36. The van der Waals surface area contributed by atoms with Crippen LogP contribution >= 0.6 is 7.60 Å². The topological polar surface area (TPSA) is 204 Å². The van der Waals surface area contributed by atoms with Crippen molar-refractivity contribution in [2.45, 2.75) is 76.7 Å². The molecule has 17 heteroatoms. The number of fused-ring (bicyclic) bond motifs is 2. The third-order valence-corrected chi connectivity index (χ3v) is 13.9. The van der Waals surface area contributed by atoms with Crippen LogP contribution in [0.15, 0.2) is 128 Å². The fourth-order valence-corrected chi connectivity index (χ4v) is 10.2. The summed E-state index contributed by atoms with van der Waals surface area (Å²) >= 11 is 0. The zero-order valence-electron chi connectivity index (χ0n) is 37.7. The van der Waals surface area contributed by atoms with Gasteiger partial charge in [-0.05, 0) is 103 Å². The van der Waals surface area contributed by atoms with Gasteiger partial charge in [0.15, 0.2) is 6.10 Å². The second-order valence-corrected chi connectivity index (χ2v) is 18.8. The van der Waals surface area contributed by atoms with Gasteiger partial charge in [-0.15, -0.1) is 0 Å². The Morgan fingerprint density at radius 2 is 1.27 bits per heavy atom. The molecule has 0 saturated carbocycles. The minimum atomic E-state index is -3.80. The van der Waals surface area contributed by atoms with Crippen LogP contribution < -0.4 is 14.6 Å². The Kier molecular flexibility index (Phi) is 15.0. The molecule has 3 heterocycles. The maximum absolute atomic E-state index is 15.4. The van der Waals surface area contributed by atoms with Gasteiger partial charge in [0, 0.05) is 37.0 Å². The summed E-state index contributed by atoms with van der Waals surface area (Å²) in [7, 11) is -2.20. The number of nitrogens with zero attached hydrogens (tertiary/aromatic N) is 4. The fraction of sp³-hybridized carbons (Fsp3) is 0.320. The van der Waals surface area contributed by atoms with Crippen molar-refractivity contribution in [1.82, 2.24) is 35.5 Å². The van der Waals surface area contributed by atoms with Crippen molar-refractivity contribution in [3.63, 3.8) is 0 Å². The minimum absolute atomic E-state index is 0.0164. The SMILES string of the molecule is CCOC(=O)[C@H](C)OP(=O)(CCNCc1ccc(C[C@@H]2[C@H](O)[C@@H](O)[C@@H](Cc3ccc(OC)cc3)N(Cc3ccc4[nH]ncc4c3)C(=O)N2Cc2ccc3[nH]ncc3c2)cc1)Oc1ccccc1. The number of para-hydroxylation sites is 1. The van der Waals surface area contributed by atoms with E-state index in [0.29, 0.717) is 18.0 Å². The van der Waals surface area contributed by atoms with E-state index in [0.717, 1.165) is 49.6 Å². The van der Waals surface area contributed by atoms with Crippen LogP contribution in [0.25, 0.3) is 21.8 Å².